The van der Waals surface area contributed by atoms with Gasteiger partial charge in [0.1, 0.15) is 6.04 Å². The van der Waals surface area contributed by atoms with Gasteiger partial charge in [-0.05, 0) is 44.5 Å². The number of thiophene rings is 1. The standard InChI is InChI=1S/C8H8Br2F3NS/c1-2-14-6(8(11,12)13)5-3-4(9)7(10)15-5/h3,6,14H,2H2,1H3. The fourth-order valence-corrected chi connectivity index (χ4v) is 3.28. The summed E-state index contributed by atoms with van der Waals surface area (Å²) in [5.74, 6) is 0. The molecular weight excluding hydrogens is 359 g/mol. The van der Waals surface area contributed by atoms with Gasteiger partial charge in [-0.2, -0.15) is 13.2 Å². The molecule has 0 saturated heterocycles. The van der Waals surface area contributed by atoms with Gasteiger partial charge in [-0.3, -0.25) is 0 Å². The molecule has 0 aliphatic rings. The van der Waals surface area contributed by atoms with Crippen molar-refractivity contribution in [2.75, 3.05) is 6.54 Å². The zero-order valence-corrected chi connectivity index (χ0v) is 11.6. The highest BCUT2D eigenvalue weighted by molar-refractivity contribution is 9.13. The van der Waals surface area contributed by atoms with E-state index >= 15 is 0 Å². The van der Waals surface area contributed by atoms with Gasteiger partial charge in [-0.1, -0.05) is 6.92 Å². The topological polar surface area (TPSA) is 12.0 Å². The lowest BCUT2D eigenvalue weighted by atomic mass is 10.2. The maximum atomic E-state index is 12.6. The van der Waals surface area contributed by atoms with Crippen LogP contribution in [-0.4, -0.2) is 12.7 Å². The van der Waals surface area contributed by atoms with Crippen molar-refractivity contribution >= 4 is 43.2 Å². The normalized spacial score (nSPS) is 14.3. The first-order valence-corrected chi connectivity index (χ1v) is 6.51. The first-order valence-electron chi connectivity index (χ1n) is 4.11. The zero-order chi connectivity index (χ0) is 11.6. The van der Waals surface area contributed by atoms with Crippen LogP contribution in [0.4, 0.5) is 13.2 Å². The highest BCUT2D eigenvalue weighted by Crippen LogP contribution is 2.41. The van der Waals surface area contributed by atoms with Gasteiger partial charge in [0, 0.05) is 9.35 Å². The fraction of sp³-hybridized carbons (Fsp3) is 0.500. The zero-order valence-electron chi connectivity index (χ0n) is 7.66. The molecule has 0 fully saturated rings. The molecule has 0 aromatic carbocycles. The Morgan fingerprint density at radius 1 is 1.47 bits per heavy atom. The van der Waals surface area contributed by atoms with Crippen LogP contribution >= 0.6 is 43.2 Å². The second-order valence-corrected chi connectivity index (χ2v) is 6.06. The minimum Gasteiger partial charge on any atom is -0.302 e. The van der Waals surface area contributed by atoms with Crippen molar-refractivity contribution in [1.82, 2.24) is 5.32 Å². The molecule has 0 spiro atoms. The smallest absolute Gasteiger partial charge is 0.302 e. The highest BCUT2D eigenvalue weighted by Gasteiger charge is 2.41. The van der Waals surface area contributed by atoms with Crippen LogP contribution in [0.25, 0.3) is 0 Å². The van der Waals surface area contributed by atoms with E-state index < -0.39 is 12.2 Å². The van der Waals surface area contributed by atoms with Gasteiger partial charge in [0.05, 0.1) is 3.79 Å². The molecule has 1 aromatic heterocycles. The first-order chi connectivity index (χ1) is 6.86. The molecule has 7 heteroatoms. The van der Waals surface area contributed by atoms with Crippen LogP contribution in [-0.2, 0) is 0 Å². The third-order valence-electron chi connectivity index (χ3n) is 1.68. The monoisotopic (exact) mass is 365 g/mol. The Hall–Kier alpha value is 0.410. The van der Waals surface area contributed by atoms with Gasteiger partial charge in [-0.15, -0.1) is 11.3 Å². The van der Waals surface area contributed by atoms with Gasteiger partial charge in [0.15, 0.2) is 0 Å². The number of halogens is 5. The predicted octanol–water partition coefficient (Wildman–Crippen LogP) is 4.49. The summed E-state index contributed by atoms with van der Waals surface area (Å²) in [6.07, 6.45) is -4.26. The van der Waals surface area contributed by atoms with E-state index in [-0.39, 0.29) is 11.4 Å². The molecule has 1 heterocycles. The predicted molar refractivity (Wildman–Crippen MR) is 62.2 cm³/mol. The SMILES string of the molecule is CCNC(c1cc(Br)c(Br)s1)C(F)(F)F. The number of hydrogen-bond acceptors (Lipinski definition) is 2. The molecule has 0 amide bonds. The summed E-state index contributed by atoms with van der Waals surface area (Å²) < 4.78 is 39.3. The molecule has 1 atom stereocenters. The second kappa shape index (κ2) is 5.16. The van der Waals surface area contributed by atoms with Crippen LogP contribution in [0.5, 0.6) is 0 Å². The molecule has 0 aliphatic heterocycles. The lowest BCUT2D eigenvalue weighted by Crippen LogP contribution is -2.33. The van der Waals surface area contributed by atoms with E-state index in [1.165, 1.54) is 6.07 Å². The summed E-state index contributed by atoms with van der Waals surface area (Å²) in [5.41, 5.74) is 0. The molecular formula is C8H8Br2F3NS. The number of hydrogen-bond donors (Lipinski definition) is 1. The Morgan fingerprint density at radius 3 is 2.40 bits per heavy atom. The third kappa shape index (κ3) is 3.44. The maximum absolute atomic E-state index is 12.6. The molecule has 0 bridgehead atoms. The van der Waals surface area contributed by atoms with Crippen LogP contribution in [0.1, 0.15) is 17.8 Å². The summed E-state index contributed by atoms with van der Waals surface area (Å²) in [6.45, 7) is 1.92. The molecule has 0 aliphatic carbocycles. The molecule has 1 rings (SSSR count). The molecule has 86 valence electrons. The number of nitrogens with one attached hydrogen (secondary N) is 1. The summed E-state index contributed by atoms with van der Waals surface area (Å²) in [7, 11) is 0. The van der Waals surface area contributed by atoms with Gasteiger partial charge in [0.2, 0.25) is 0 Å². The van der Waals surface area contributed by atoms with Gasteiger partial charge in [-0.25, -0.2) is 0 Å². The minimum absolute atomic E-state index is 0.253. The quantitative estimate of drug-likeness (QED) is 0.831. The second-order valence-electron chi connectivity index (χ2n) is 2.80. The van der Waals surface area contributed by atoms with E-state index in [9.17, 15) is 13.2 Å². The van der Waals surface area contributed by atoms with Crippen molar-refractivity contribution < 1.29 is 13.2 Å². The Bertz CT molecular complexity index is 318. The Kier molecular flexibility index (Phi) is 4.64. The molecule has 0 saturated carbocycles. The van der Waals surface area contributed by atoms with E-state index in [1.54, 1.807) is 6.92 Å². The lowest BCUT2D eigenvalue weighted by Gasteiger charge is -2.19. The van der Waals surface area contributed by atoms with Crippen LogP contribution < -0.4 is 5.32 Å². The van der Waals surface area contributed by atoms with Crippen molar-refractivity contribution in [3.8, 4) is 0 Å². The molecule has 1 unspecified atom stereocenters. The number of alkyl halides is 3. The summed E-state index contributed by atoms with van der Waals surface area (Å²) in [6, 6.07) is -0.106. The van der Waals surface area contributed by atoms with Gasteiger partial charge in [0.25, 0.3) is 0 Å². The molecule has 1 aromatic rings. The van der Waals surface area contributed by atoms with E-state index in [0.29, 0.717) is 8.26 Å². The Labute approximate surface area is 106 Å². The van der Waals surface area contributed by atoms with Crippen molar-refractivity contribution in [1.29, 1.82) is 0 Å². The Morgan fingerprint density at radius 2 is 2.07 bits per heavy atom. The molecule has 1 nitrogen and oxygen atoms in total. The molecule has 15 heavy (non-hydrogen) atoms. The van der Waals surface area contributed by atoms with Gasteiger partial charge >= 0.3 is 6.18 Å². The van der Waals surface area contributed by atoms with Crippen LogP contribution in [0.15, 0.2) is 14.3 Å². The van der Waals surface area contributed by atoms with Crippen LogP contribution in [0.2, 0.25) is 0 Å². The van der Waals surface area contributed by atoms with Crippen molar-refractivity contribution in [3.05, 3.63) is 19.2 Å². The third-order valence-corrected chi connectivity index (χ3v) is 5.01. The van der Waals surface area contributed by atoms with E-state index in [0.717, 1.165) is 11.3 Å². The van der Waals surface area contributed by atoms with Crippen LogP contribution in [0, 0.1) is 0 Å². The van der Waals surface area contributed by atoms with Crippen molar-refractivity contribution in [3.63, 3.8) is 0 Å². The molecule has 1 N–H and O–H groups in total. The largest absolute Gasteiger partial charge is 0.408 e. The minimum atomic E-state index is -4.26. The maximum Gasteiger partial charge on any atom is 0.408 e. The van der Waals surface area contributed by atoms with E-state index in [2.05, 4.69) is 37.2 Å². The summed E-state index contributed by atoms with van der Waals surface area (Å²) in [5, 5.41) is 2.42. The summed E-state index contributed by atoms with van der Waals surface area (Å²) in [4.78, 5) is 0.253. The van der Waals surface area contributed by atoms with E-state index in [1.807, 2.05) is 0 Å². The van der Waals surface area contributed by atoms with Gasteiger partial charge < -0.3 is 5.32 Å². The molecule has 0 radical (unpaired) electrons. The fourth-order valence-electron chi connectivity index (χ4n) is 1.09. The first kappa shape index (κ1) is 13.5. The Balaban J connectivity index is 2.99. The van der Waals surface area contributed by atoms with E-state index in [4.69, 9.17) is 0 Å². The van der Waals surface area contributed by atoms with Crippen LogP contribution in [0.3, 0.4) is 0 Å². The average Bonchev–Trinajstić information content (AvgIpc) is 2.40. The number of rotatable bonds is 3. The highest BCUT2D eigenvalue weighted by atomic mass is 79.9. The summed E-state index contributed by atoms with van der Waals surface area (Å²) >= 11 is 7.43. The van der Waals surface area contributed by atoms with Crippen molar-refractivity contribution in [2.45, 2.75) is 19.1 Å². The van der Waals surface area contributed by atoms with Crippen molar-refractivity contribution in [2.24, 2.45) is 0 Å². The lowest BCUT2D eigenvalue weighted by molar-refractivity contribution is -0.156. The average molecular weight is 367 g/mol.